The van der Waals surface area contributed by atoms with E-state index in [0.29, 0.717) is 5.56 Å². The number of rotatable bonds is 5. The van der Waals surface area contributed by atoms with Crippen molar-refractivity contribution in [3.05, 3.63) is 64.7 Å². The van der Waals surface area contributed by atoms with E-state index in [1.807, 2.05) is 19.1 Å². The van der Waals surface area contributed by atoms with Crippen molar-refractivity contribution in [2.75, 3.05) is 32.7 Å². The smallest absolute Gasteiger partial charge is 0.251 e. The summed E-state index contributed by atoms with van der Waals surface area (Å²) in [6.07, 6.45) is 0. The minimum atomic E-state index is -3.71. The summed E-state index contributed by atoms with van der Waals surface area (Å²) in [6, 6.07) is 13.4. The lowest BCUT2D eigenvalue weighted by atomic mass is 10.1. The highest BCUT2D eigenvalue weighted by atomic mass is 35.5. The summed E-state index contributed by atoms with van der Waals surface area (Å²) >= 11 is 6.03. The van der Waals surface area contributed by atoms with Crippen LogP contribution in [0.15, 0.2) is 53.4 Å². The third-order valence-corrected chi connectivity index (χ3v) is 7.23. The normalized spacial score (nSPS) is 15.2. The number of hydrogen-bond acceptors (Lipinski definition) is 4. The second-order valence-electron chi connectivity index (χ2n) is 6.71. The first-order valence-corrected chi connectivity index (χ1v) is 11.0. The molecule has 1 heterocycles. The molecule has 0 aromatic heterocycles. The van der Waals surface area contributed by atoms with Crippen molar-refractivity contribution < 1.29 is 18.0 Å². The summed E-state index contributed by atoms with van der Waals surface area (Å²) < 4.78 is 26.9. The number of nitrogens with zero attached hydrogens (tertiary/aromatic N) is 2. The van der Waals surface area contributed by atoms with Crippen molar-refractivity contribution in [3.8, 4) is 0 Å². The average Bonchev–Trinajstić information content (AvgIpc) is 2.72. The van der Waals surface area contributed by atoms with Gasteiger partial charge < -0.3 is 10.2 Å². The maximum atomic E-state index is 12.8. The van der Waals surface area contributed by atoms with Crippen LogP contribution in [0.1, 0.15) is 15.9 Å². The van der Waals surface area contributed by atoms with Crippen molar-refractivity contribution in [1.82, 2.24) is 14.5 Å². The predicted molar refractivity (Wildman–Crippen MR) is 110 cm³/mol. The van der Waals surface area contributed by atoms with E-state index in [2.05, 4.69) is 5.32 Å². The molecule has 1 N–H and O–H groups in total. The zero-order chi connectivity index (χ0) is 21.0. The maximum absolute atomic E-state index is 12.8. The Morgan fingerprint density at radius 2 is 1.62 bits per heavy atom. The topological polar surface area (TPSA) is 86.8 Å². The summed E-state index contributed by atoms with van der Waals surface area (Å²) in [5.41, 5.74) is 1.35. The highest BCUT2D eigenvalue weighted by Crippen LogP contribution is 2.25. The number of halogens is 1. The molecule has 1 fully saturated rings. The van der Waals surface area contributed by atoms with Gasteiger partial charge in [0.2, 0.25) is 15.9 Å². The van der Waals surface area contributed by atoms with E-state index in [4.69, 9.17) is 11.6 Å². The van der Waals surface area contributed by atoms with Gasteiger partial charge in [-0.25, -0.2) is 8.42 Å². The zero-order valence-corrected chi connectivity index (χ0v) is 17.5. The van der Waals surface area contributed by atoms with Gasteiger partial charge in [-0.1, -0.05) is 41.9 Å². The molecule has 154 valence electrons. The van der Waals surface area contributed by atoms with Gasteiger partial charge in [0.25, 0.3) is 5.91 Å². The Morgan fingerprint density at radius 3 is 2.28 bits per heavy atom. The standard InChI is InChI=1S/C20H22ClN3O4S/c1-15-6-2-3-7-16(15)20(26)22-14-19(25)23-10-12-24(13-11-23)29(27,28)18-9-5-4-8-17(18)21/h2-9H,10-14H2,1H3,(H,22,26). The van der Waals surface area contributed by atoms with Gasteiger partial charge in [-0.15, -0.1) is 0 Å². The zero-order valence-electron chi connectivity index (χ0n) is 16.0. The lowest BCUT2D eigenvalue weighted by molar-refractivity contribution is -0.131. The summed E-state index contributed by atoms with van der Waals surface area (Å²) in [5.74, 6) is -0.557. The van der Waals surface area contributed by atoms with Crippen LogP contribution in [-0.2, 0) is 14.8 Å². The average molecular weight is 436 g/mol. The molecular weight excluding hydrogens is 414 g/mol. The number of piperazine rings is 1. The van der Waals surface area contributed by atoms with Gasteiger partial charge in [0.15, 0.2) is 0 Å². The molecule has 0 saturated carbocycles. The SMILES string of the molecule is Cc1ccccc1C(=O)NCC(=O)N1CCN(S(=O)(=O)c2ccccc2Cl)CC1. The fourth-order valence-electron chi connectivity index (χ4n) is 3.16. The third-order valence-electron chi connectivity index (χ3n) is 4.84. The van der Waals surface area contributed by atoms with E-state index in [1.165, 1.54) is 16.4 Å². The van der Waals surface area contributed by atoms with Crippen molar-refractivity contribution in [2.24, 2.45) is 0 Å². The highest BCUT2D eigenvalue weighted by molar-refractivity contribution is 7.89. The number of benzene rings is 2. The largest absolute Gasteiger partial charge is 0.343 e. The van der Waals surface area contributed by atoms with Crippen LogP contribution >= 0.6 is 11.6 Å². The van der Waals surface area contributed by atoms with Gasteiger partial charge in [-0.05, 0) is 30.7 Å². The molecule has 29 heavy (non-hydrogen) atoms. The summed E-state index contributed by atoms with van der Waals surface area (Å²) in [7, 11) is -3.71. The van der Waals surface area contributed by atoms with Crippen molar-refractivity contribution in [3.63, 3.8) is 0 Å². The molecule has 0 unspecified atom stereocenters. The van der Waals surface area contributed by atoms with E-state index >= 15 is 0 Å². The molecule has 0 aliphatic carbocycles. The summed E-state index contributed by atoms with van der Waals surface area (Å²) in [4.78, 5) is 26.3. The molecule has 2 aromatic carbocycles. The number of nitrogens with one attached hydrogen (secondary N) is 1. The second kappa shape index (κ2) is 8.94. The molecule has 3 rings (SSSR count). The predicted octanol–water partition coefficient (Wildman–Crippen LogP) is 1.91. The van der Waals surface area contributed by atoms with E-state index < -0.39 is 10.0 Å². The number of carbonyl (C=O) groups is 2. The molecule has 1 aliphatic heterocycles. The Labute approximate surface area is 175 Å². The molecule has 2 amide bonds. The fraction of sp³-hybridized carbons (Fsp3) is 0.300. The number of sulfonamides is 1. The van der Waals surface area contributed by atoms with Crippen molar-refractivity contribution in [1.29, 1.82) is 0 Å². The molecular formula is C20H22ClN3O4S. The second-order valence-corrected chi connectivity index (χ2v) is 9.03. The quantitative estimate of drug-likeness (QED) is 0.777. The van der Waals surface area contributed by atoms with Gasteiger partial charge in [0.1, 0.15) is 4.90 Å². The summed E-state index contributed by atoms with van der Waals surface area (Å²) in [5, 5.41) is 2.80. The molecule has 0 spiro atoms. The minimum absolute atomic E-state index is 0.0620. The van der Waals surface area contributed by atoms with Crippen LogP contribution in [0.4, 0.5) is 0 Å². The van der Waals surface area contributed by atoms with Crippen LogP contribution in [0.3, 0.4) is 0 Å². The number of carbonyl (C=O) groups excluding carboxylic acids is 2. The van der Waals surface area contributed by atoms with Crippen LogP contribution in [0, 0.1) is 6.92 Å². The molecule has 1 aliphatic rings. The van der Waals surface area contributed by atoms with Gasteiger partial charge in [0, 0.05) is 31.7 Å². The Morgan fingerprint density at radius 1 is 1.00 bits per heavy atom. The minimum Gasteiger partial charge on any atom is -0.343 e. The van der Waals surface area contributed by atoms with E-state index in [0.717, 1.165) is 5.56 Å². The Balaban J connectivity index is 1.55. The molecule has 0 radical (unpaired) electrons. The Kier molecular flexibility index (Phi) is 6.56. The lowest BCUT2D eigenvalue weighted by Crippen LogP contribution is -2.52. The lowest BCUT2D eigenvalue weighted by Gasteiger charge is -2.34. The Hall–Kier alpha value is -2.42. The van der Waals surface area contributed by atoms with Crippen LogP contribution < -0.4 is 5.32 Å². The molecule has 9 heteroatoms. The van der Waals surface area contributed by atoms with Gasteiger partial charge in [-0.2, -0.15) is 4.31 Å². The summed E-state index contributed by atoms with van der Waals surface area (Å²) in [6.45, 7) is 2.54. The monoisotopic (exact) mass is 435 g/mol. The van der Waals surface area contributed by atoms with E-state index in [-0.39, 0.29) is 54.5 Å². The van der Waals surface area contributed by atoms with Crippen LogP contribution in [0.2, 0.25) is 5.02 Å². The van der Waals surface area contributed by atoms with Gasteiger partial charge in [-0.3, -0.25) is 9.59 Å². The molecule has 1 saturated heterocycles. The first kappa shape index (κ1) is 21.3. The van der Waals surface area contributed by atoms with Crippen LogP contribution in [0.5, 0.6) is 0 Å². The first-order chi connectivity index (χ1) is 13.8. The van der Waals surface area contributed by atoms with Crippen molar-refractivity contribution >= 4 is 33.4 Å². The third kappa shape index (κ3) is 4.77. The number of aryl methyl sites for hydroxylation is 1. The van der Waals surface area contributed by atoms with Crippen LogP contribution in [0.25, 0.3) is 0 Å². The van der Waals surface area contributed by atoms with Gasteiger partial charge in [0.05, 0.1) is 11.6 Å². The number of amides is 2. The van der Waals surface area contributed by atoms with Gasteiger partial charge >= 0.3 is 0 Å². The van der Waals surface area contributed by atoms with E-state index in [1.54, 1.807) is 29.2 Å². The Bertz CT molecular complexity index is 1020. The number of hydrogen-bond donors (Lipinski definition) is 1. The first-order valence-electron chi connectivity index (χ1n) is 9.17. The van der Waals surface area contributed by atoms with Crippen molar-refractivity contribution in [2.45, 2.75) is 11.8 Å². The molecule has 2 aromatic rings. The maximum Gasteiger partial charge on any atom is 0.251 e. The highest BCUT2D eigenvalue weighted by Gasteiger charge is 2.31. The molecule has 0 bridgehead atoms. The van der Waals surface area contributed by atoms with Crippen LogP contribution in [-0.4, -0.2) is 62.2 Å². The fourth-order valence-corrected chi connectivity index (χ4v) is 5.08. The molecule has 0 atom stereocenters. The van der Waals surface area contributed by atoms with E-state index in [9.17, 15) is 18.0 Å². The molecule has 7 nitrogen and oxygen atoms in total.